The van der Waals surface area contributed by atoms with Crippen LogP contribution in [0, 0.1) is 5.92 Å². The number of amides is 1. The molecule has 1 amide bonds. The summed E-state index contributed by atoms with van der Waals surface area (Å²) >= 11 is 0. The Hall–Kier alpha value is -1.95. The van der Waals surface area contributed by atoms with Crippen molar-refractivity contribution in [2.75, 3.05) is 25.0 Å². The zero-order valence-corrected chi connectivity index (χ0v) is 11.5. The van der Waals surface area contributed by atoms with Crippen LogP contribution in [0.3, 0.4) is 0 Å². The van der Waals surface area contributed by atoms with Crippen LogP contribution in [0.25, 0.3) is 11.0 Å². The Morgan fingerprint density at radius 3 is 3.25 bits per heavy atom. The summed E-state index contributed by atoms with van der Waals surface area (Å²) in [4.78, 5) is 14.3. The number of piperidine rings is 1. The number of likely N-dealkylation sites (tertiary alicyclic amines) is 1. The second-order valence-corrected chi connectivity index (χ2v) is 5.47. The summed E-state index contributed by atoms with van der Waals surface area (Å²) in [7, 11) is 0. The fourth-order valence-corrected chi connectivity index (χ4v) is 2.73. The van der Waals surface area contributed by atoms with E-state index in [-0.39, 0.29) is 5.91 Å². The van der Waals surface area contributed by atoms with Crippen LogP contribution in [-0.2, 0) is 4.79 Å². The second-order valence-electron chi connectivity index (χ2n) is 5.47. The van der Waals surface area contributed by atoms with Crippen molar-refractivity contribution in [2.24, 2.45) is 5.92 Å². The Morgan fingerprint density at radius 2 is 2.40 bits per heavy atom. The highest BCUT2D eigenvalue weighted by Crippen LogP contribution is 2.20. The van der Waals surface area contributed by atoms with Crippen LogP contribution >= 0.6 is 0 Å². The number of anilines is 1. The first-order valence-corrected chi connectivity index (χ1v) is 6.96. The first-order chi connectivity index (χ1) is 9.72. The van der Waals surface area contributed by atoms with Crippen LogP contribution < -0.4 is 5.32 Å². The number of hydrogen-bond acceptors (Lipinski definition) is 5. The van der Waals surface area contributed by atoms with Crippen LogP contribution in [-0.4, -0.2) is 40.8 Å². The van der Waals surface area contributed by atoms with E-state index in [1.54, 1.807) is 6.07 Å². The van der Waals surface area contributed by atoms with E-state index in [1.807, 2.05) is 12.1 Å². The summed E-state index contributed by atoms with van der Waals surface area (Å²) in [6, 6.07) is 5.43. The Bertz CT molecular complexity index is 610. The van der Waals surface area contributed by atoms with Gasteiger partial charge in [0.15, 0.2) is 5.52 Å². The van der Waals surface area contributed by atoms with E-state index in [1.165, 1.54) is 6.42 Å². The van der Waals surface area contributed by atoms with E-state index < -0.39 is 0 Å². The van der Waals surface area contributed by atoms with E-state index in [0.29, 0.717) is 29.2 Å². The third-order valence-electron chi connectivity index (χ3n) is 3.67. The molecule has 1 aliphatic heterocycles. The molecule has 1 aromatic heterocycles. The minimum Gasteiger partial charge on any atom is -0.323 e. The number of carbonyl (C=O) groups excluding carboxylic acids is 1. The van der Waals surface area contributed by atoms with Gasteiger partial charge in [-0.15, -0.1) is 0 Å². The van der Waals surface area contributed by atoms with Gasteiger partial charge in [0.25, 0.3) is 0 Å². The molecule has 0 radical (unpaired) electrons. The molecule has 0 bridgehead atoms. The lowest BCUT2D eigenvalue weighted by Gasteiger charge is -2.30. The third-order valence-corrected chi connectivity index (χ3v) is 3.67. The van der Waals surface area contributed by atoms with Gasteiger partial charge in [-0.1, -0.05) is 13.0 Å². The largest absolute Gasteiger partial charge is 0.323 e. The minimum absolute atomic E-state index is 0.0189. The standard InChI is InChI=1S/C14H18N4O2/c1-10-4-3-7-18(8-10)9-13(19)15-11-5-2-6-12-14(11)17-20-16-12/h2,5-6,10H,3-4,7-9H2,1H3,(H,15,19)/t10-/m1/s1. The Kier molecular flexibility index (Phi) is 3.64. The first kappa shape index (κ1) is 13.1. The van der Waals surface area contributed by atoms with E-state index >= 15 is 0 Å². The van der Waals surface area contributed by atoms with Crippen molar-refractivity contribution < 1.29 is 9.42 Å². The van der Waals surface area contributed by atoms with Gasteiger partial charge in [0.2, 0.25) is 5.91 Å². The van der Waals surface area contributed by atoms with Gasteiger partial charge in [-0.3, -0.25) is 9.69 Å². The number of hydrogen-bond donors (Lipinski definition) is 1. The lowest BCUT2D eigenvalue weighted by atomic mass is 10.0. The van der Waals surface area contributed by atoms with Crippen molar-refractivity contribution in [3.8, 4) is 0 Å². The number of fused-ring (bicyclic) bond motifs is 1. The average Bonchev–Trinajstić information content (AvgIpc) is 2.88. The summed E-state index contributed by atoms with van der Waals surface area (Å²) in [5, 5.41) is 10.5. The number of carbonyl (C=O) groups is 1. The smallest absolute Gasteiger partial charge is 0.238 e. The predicted octanol–water partition coefficient (Wildman–Crippen LogP) is 1.89. The summed E-state index contributed by atoms with van der Waals surface area (Å²) in [5.74, 6) is 0.648. The van der Waals surface area contributed by atoms with E-state index in [4.69, 9.17) is 0 Å². The second kappa shape index (κ2) is 5.58. The highest BCUT2D eigenvalue weighted by molar-refractivity contribution is 5.99. The number of nitrogens with zero attached hydrogens (tertiary/aromatic N) is 3. The highest BCUT2D eigenvalue weighted by atomic mass is 16.6. The molecule has 0 saturated carbocycles. The quantitative estimate of drug-likeness (QED) is 0.925. The van der Waals surface area contributed by atoms with Crippen molar-refractivity contribution in [2.45, 2.75) is 19.8 Å². The molecule has 6 nitrogen and oxygen atoms in total. The lowest BCUT2D eigenvalue weighted by Crippen LogP contribution is -2.39. The van der Waals surface area contributed by atoms with Crippen LogP contribution in [0.2, 0.25) is 0 Å². The highest BCUT2D eigenvalue weighted by Gasteiger charge is 2.19. The number of nitrogens with one attached hydrogen (secondary N) is 1. The van der Waals surface area contributed by atoms with Gasteiger partial charge in [0, 0.05) is 6.54 Å². The molecule has 1 atom stereocenters. The maximum Gasteiger partial charge on any atom is 0.238 e. The van der Waals surface area contributed by atoms with E-state index in [9.17, 15) is 4.79 Å². The van der Waals surface area contributed by atoms with Crippen LogP contribution in [0.5, 0.6) is 0 Å². The molecular formula is C14H18N4O2. The van der Waals surface area contributed by atoms with Gasteiger partial charge in [-0.25, -0.2) is 4.63 Å². The van der Waals surface area contributed by atoms with Gasteiger partial charge in [-0.2, -0.15) is 0 Å². The maximum absolute atomic E-state index is 12.1. The van der Waals surface area contributed by atoms with Crippen molar-refractivity contribution in [3.63, 3.8) is 0 Å². The Labute approximate surface area is 117 Å². The molecular weight excluding hydrogens is 256 g/mol. The summed E-state index contributed by atoms with van der Waals surface area (Å²) in [5.41, 5.74) is 1.89. The van der Waals surface area contributed by atoms with Gasteiger partial charge in [-0.05, 0) is 47.8 Å². The first-order valence-electron chi connectivity index (χ1n) is 6.96. The van der Waals surface area contributed by atoms with Crippen molar-refractivity contribution in [1.82, 2.24) is 15.2 Å². The SMILES string of the molecule is C[C@@H]1CCCN(CC(=O)Nc2cccc3nonc23)C1. The number of rotatable bonds is 3. The lowest BCUT2D eigenvalue weighted by molar-refractivity contribution is -0.117. The average molecular weight is 274 g/mol. The zero-order chi connectivity index (χ0) is 13.9. The van der Waals surface area contributed by atoms with Crippen molar-refractivity contribution in [1.29, 1.82) is 0 Å². The molecule has 1 aromatic carbocycles. The number of aromatic nitrogens is 2. The predicted molar refractivity (Wildman–Crippen MR) is 75.3 cm³/mol. The zero-order valence-electron chi connectivity index (χ0n) is 11.5. The fraction of sp³-hybridized carbons (Fsp3) is 0.500. The van der Waals surface area contributed by atoms with Gasteiger partial charge in [0.05, 0.1) is 12.2 Å². The summed E-state index contributed by atoms with van der Waals surface area (Å²) < 4.78 is 4.69. The molecule has 2 aromatic rings. The summed E-state index contributed by atoms with van der Waals surface area (Å²) in [6.07, 6.45) is 2.42. The van der Waals surface area contributed by atoms with Crippen LogP contribution in [0.15, 0.2) is 22.8 Å². The molecule has 1 saturated heterocycles. The van der Waals surface area contributed by atoms with Crippen LogP contribution in [0.1, 0.15) is 19.8 Å². The molecule has 3 rings (SSSR count). The van der Waals surface area contributed by atoms with Gasteiger partial charge in [0.1, 0.15) is 5.52 Å². The molecule has 0 aliphatic carbocycles. The molecule has 1 fully saturated rings. The molecule has 0 spiro atoms. The normalized spacial score (nSPS) is 20.1. The van der Waals surface area contributed by atoms with Gasteiger partial charge < -0.3 is 5.32 Å². The summed E-state index contributed by atoms with van der Waals surface area (Å²) in [6.45, 7) is 4.63. The Morgan fingerprint density at radius 1 is 1.50 bits per heavy atom. The number of benzene rings is 1. The third kappa shape index (κ3) is 2.80. The monoisotopic (exact) mass is 274 g/mol. The van der Waals surface area contributed by atoms with Crippen LogP contribution in [0.4, 0.5) is 5.69 Å². The van der Waals surface area contributed by atoms with E-state index in [2.05, 4.69) is 32.1 Å². The minimum atomic E-state index is -0.0189. The van der Waals surface area contributed by atoms with Crippen molar-refractivity contribution >= 4 is 22.6 Å². The topological polar surface area (TPSA) is 71.3 Å². The molecule has 106 valence electrons. The fourth-order valence-electron chi connectivity index (χ4n) is 2.73. The molecule has 20 heavy (non-hydrogen) atoms. The molecule has 6 heteroatoms. The molecule has 1 N–H and O–H groups in total. The molecule has 1 aliphatic rings. The van der Waals surface area contributed by atoms with Crippen molar-refractivity contribution in [3.05, 3.63) is 18.2 Å². The molecule has 0 unspecified atom stereocenters. The maximum atomic E-state index is 12.1. The van der Waals surface area contributed by atoms with Gasteiger partial charge >= 0.3 is 0 Å². The van der Waals surface area contributed by atoms with E-state index in [0.717, 1.165) is 19.5 Å². The Balaban J connectivity index is 1.65. The molecule has 2 heterocycles.